The van der Waals surface area contributed by atoms with Crippen molar-refractivity contribution >= 4 is 28.2 Å². The lowest BCUT2D eigenvalue weighted by Crippen LogP contribution is -2.40. The number of hydrogen-bond donors (Lipinski definition) is 1. The van der Waals surface area contributed by atoms with Gasteiger partial charge in [-0.3, -0.25) is 0 Å². The zero-order valence-electron chi connectivity index (χ0n) is 8.67. The molecule has 4 heteroatoms. The molecule has 1 aromatic rings. The zero-order chi connectivity index (χ0) is 10.0. The third-order valence-corrected chi connectivity index (χ3v) is 5.17. The number of aryl methyl sites for hydroxylation is 1. The normalized spacial score (nSPS) is 19.0. The van der Waals surface area contributed by atoms with E-state index in [0.29, 0.717) is 4.75 Å². The molecule has 0 saturated heterocycles. The van der Waals surface area contributed by atoms with Crippen LogP contribution in [0.1, 0.15) is 24.1 Å². The second kappa shape index (κ2) is 4.11. The van der Waals surface area contributed by atoms with Crippen LogP contribution in [0.4, 0.5) is 5.13 Å². The Balaban J connectivity index is 1.87. The molecule has 1 saturated carbocycles. The number of thiazole rings is 1. The average Bonchev–Trinajstić information content (AvgIpc) is 2.50. The molecule has 2 nitrogen and oxygen atoms in total. The van der Waals surface area contributed by atoms with Crippen LogP contribution in [0.5, 0.6) is 0 Å². The minimum Gasteiger partial charge on any atom is -0.360 e. The standard InChI is InChI=1S/C10H16N2S2/c1-8-6-11-9(14-8)12-7-10(13-2)4-3-5-10/h6H,3-5,7H2,1-2H3,(H,11,12). The smallest absolute Gasteiger partial charge is 0.182 e. The highest BCUT2D eigenvalue weighted by atomic mass is 32.2. The van der Waals surface area contributed by atoms with Crippen LogP contribution in [-0.2, 0) is 0 Å². The summed E-state index contributed by atoms with van der Waals surface area (Å²) in [7, 11) is 0. The molecule has 1 heterocycles. The Hall–Kier alpha value is -0.220. The summed E-state index contributed by atoms with van der Waals surface area (Å²) in [5.74, 6) is 0. The first-order chi connectivity index (χ1) is 6.74. The molecule has 2 rings (SSSR count). The molecule has 1 aliphatic rings. The Morgan fingerprint density at radius 1 is 1.64 bits per heavy atom. The van der Waals surface area contributed by atoms with Crippen LogP contribution in [0.2, 0.25) is 0 Å². The second-order valence-electron chi connectivity index (χ2n) is 3.87. The lowest BCUT2D eigenvalue weighted by atomic mass is 9.84. The van der Waals surface area contributed by atoms with Crippen LogP contribution in [0.3, 0.4) is 0 Å². The van der Waals surface area contributed by atoms with Gasteiger partial charge in [0.15, 0.2) is 5.13 Å². The SMILES string of the molecule is CSC1(CNc2ncc(C)s2)CCC1. The summed E-state index contributed by atoms with van der Waals surface area (Å²) in [6.07, 6.45) is 8.24. The van der Waals surface area contributed by atoms with Gasteiger partial charge in [-0.05, 0) is 26.0 Å². The van der Waals surface area contributed by atoms with Crippen LogP contribution in [0.25, 0.3) is 0 Å². The fourth-order valence-electron chi connectivity index (χ4n) is 1.70. The fourth-order valence-corrected chi connectivity index (χ4v) is 3.27. The molecule has 0 spiro atoms. The van der Waals surface area contributed by atoms with Crippen molar-refractivity contribution in [1.82, 2.24) is 4.98 Å². The van der Waals surface area contributed by atoms with Crippen molar-refractivity contribution < 1.29 is 0 Å². The maximum Gasteiger partial charge on any atom is 0.182 e. The maximum absolute atomic E-state index is 4.31. The molecular weight excluding hydrogens is 212 g/mol. The van der Waals surface area contributed by atoms with E-state index in [1.165, 1.54) is 24.1 Å². The Labute approximate surface area is 93.5 Å². The van der Waals surface area contributed by atoms with Crippen LogP contribution < -0.4 is 5.32 Å². The van der Waals surface area contributed by atoms with Crippen molar-refractivity contribution in [2.45, 2.75) is 30.9 Å². The van der Waals surface area contributed by atoms with Gasteiger partial charge >= 0.3 is 0 Å². The minimum atomic E-state index is 0.500. The Morgan fingerprint density at radius 3 is 2.86 bits per heavy atom. The summed E-state index contributed by atoms with van der Waals surface area (Å²) in [6.45, 7) is 3.16. The average molecular weight is 228 g/mol. The number of nitrogens with zero attached hydrogens (tertiary/aromatic N) is 1. The molecule has 14 heavy (non-hydrogen) atoms. The first-order valence-electron chi connectivity index (χ1n) is 4.96. The third kappa shape index (κ3) is 2.06. The van der Waals surface area contributed by atoms with E-state index in [1.807, 2.05) is 18.0 Å². The third-order valence-electron chi connectivity index (χ3n) is 2.88. The molecule has 78 valence electrons. The quantitative estimate of drug-likeness (QED) is 0.857. The molecule has 0 unspecified atom stereocenters. The van der Waals surface area contributed by atoms with Crippen LogP contribution in [-0.4, -0.2) is 22.5 Å². The van der Waals surface area contributed by atoms with Crippen molar-refractivity contribution in [3.05, 3.63) is 11.1 Å². The van der Waals surface area contributed by atoms with Gasteiger partial charge in [-0.15, -0.1) is 11.3 Å². The van der Waals surface area contributed by atoms with E-state index in [4.69, 9.17) is 0 Å². The monoisotopic (exact) mass is 228 g/mol. The number of anilines is 1. The predicted molar refractivity (Wildman–Crippen MR) is 65.4 cm³/mol. The highest BCUT2D eigenvalue weighted by Crippen LogP contribution is 2.42. The predicted octanol–water partition coefficient (Wildman–Crippen LogP) is 3.15. The van der Waals surface area contributed by atoms with Crippen molar-refractivity contribution in [2.24, 2.45) is 0 Å². The van der Waals surface area contributed by atoms with Crippen molar-refractivity contribution in [3.63, 3.8) is 0 Å². The first kappa shape index (κ1) is 10.3. The molecule has 1 N–H and O–H groups in total. The lowest BCUT2D eigenvalue weighted by molar-refractivity contribution is 0.380. The van der Waals surface area contributed by atoms with E-state index in [2.05, 4.69) is 23.5 Å². The highest BCUT2D eigenvalue weighted by molar-refractivity contribution is 8.00. The van der Waals surface area contributed by atoms with E-state index >= 15 is 0 Å². The number of aromatic nitrogens is 1. The van der Waals surface area contributed by atoms with Gasteiger partial charge in [-0.1, -0.05) is 6.42 Å². The van der Waals surface area contributed by atoms with Gasteiger partial charge in [0.25, 0.3) is 0 Å². The van der Waals surface area contributed by atoms with Crippen LogP contribution in [0, 0.1) is 6.92 Å². The number of thioether (sulfide) groups is 1. The van der Waals surface area contributed by atoms with E-state index < -0.39 is 0 Å². The van der Waals surface area contributed by atoms with Gasteiger partial charge in [-0.2, -0.15) is 11.8 Å². The second-order valence-corrected chi connectivity index (χ2v) is 6.38. The van der Waals surface area contributed by atoms with E-state index in [-0.39, 0.29) is 0 Å². The van der Waals surface area contributed by atoms with Crippen molar-refractivity contribution in [3.8, 4) is 0 Å². The Bertz CT molecular complexity index is 299. The van der Waals surface area contributed by atoms with Gasteiger partial charge in [0.2, 0.25) is 0 Å². The molecule has 0 bridgehead atoms. The number of nitrogens with one attached hydrogen (secondary N) is 1. The van der Waals surface area contributed by atoms with E-state index in [0.717, 1.165) is 11.7 Å². The zero-order valence-corrected chi connectivity index (χ0v) is 10.3. The molecular formula is C10H16N2S2. The summed E-state index contributed by atoms with van der Waals surface area (Å²) in [6, 6.07) is 0. The lowest BCUT2D eigenvalue weighted by Gasteiger charge is -2.40. The Morgan fingerprint density at radius 2 is 2.43 bits per heavy atom. The topological polar surface area (TPSA) is 24.9 Å². The van der Waals surface area contributed by atoms with Gasteiger partial charge in [0.1, 0.15) is 0 Å². The number of hydrogen-bond acceptors (Lipinski definition) is 4. The minimum absolute atomic E-state index is 0.500. The van der Waals surface area contributed by atoms with Gasteiger partial charge in [-0.25, -0.2) is 4.98 Å². The van der Waals surface area contributed by atoms with Gasteiger partial charge in [0, 0.05) is 22.4 Å². The molecule has 0 aliphatic heterocycles. The Kier molecular flexibility index (Phi) is 3.02. The van der Waals surface area contributed by atoms with Crippen molar-refractivity contribution in [2.75, 3.05) is 18.1 Å². The largest absolute Gasteiger partial charge is 0.360 e. The molecule has 0 aromatic carbocycles. The van der Waals surface area contributed by atoms with Crippen LogP contribution >= 0.6 is 23.1 Å². The van der Waals surface area contributed by atoms with Gasteiger partial charge < -0.3 is 5.32 Å². The number of rotatable bonds is 4. The van der Waals surface area contributed by atoms with Crippen molar-refractivity contribution in [1.29, 1.82) is 0 Å². The molecule has 1 fully saturated rings. The summed E-state index contributed by atoms with van der Waals surface area (Å²) in [4.78, 5) is 5.59. The van der Waals surface area contributed by atoms with Gasteiger partial charge in [0.05, 0.1) is 0 Å². The summed E-state index contributed by atoms with van der Waals surface area (Å²) in [5.41, 5.74) is 0. The van der Waals surface area contributed by atoms with Crippen LogP contribution in [0.15, 0.2) is 6.20 Å². The summed E-state index contributed by atoms with van der Waals surface area (Å²) >= 11 is 3.74. The molecule has 0 radical (unpaired) electrons. The van der Waals surface area contributed by atoms with E-state index in [9.17, 15) is 0 Å². The summed E-state index contributed by atoms with van der Waals surface area (Å²) in [5, 5.41) is 4.52. The highest BCUT2D eigenvalue weighted by Gasteiger charge is 2.35. The maximum atomic E-state index is 4.31. The molecule has 0 amide bonds. The summed E-state index contributed by atoms with van der Waals surface area (Å²) < 4.78 is 0.500. The molecule has 1 aliphatic carbocycles. The fraction of sp³-hybridized carbons (Fsp3) is 0.700. The molecule has 0 atom stereocenters. The van der Waals surface area contributed by atoms with E-state index in [1.54, 1.807) is 11.3 Å². The molecule has 1 aromatic heterocycles. The first-order valence-corrected chi connectivity index (χ1v) is 7.00.